The Bertz CT molecular complexity index is 2180. The maximum absolute atomic E-state index is 13.6. The number of likely N-dealkylation sites (tertiary alicyclic amines) is 1. The molecule has 6 heterocycles. The van der Waals surface area contributed by atoms with Gasteiger partial charge in [0, 0.05) is 81.8 Å². The van der Waals surface area contributed by atoms with Crippen molar-refractivity contribution in [2.75, 3.05) is 49.1 Å². The van der Waals surface area contributed by atoms with E-state index in [4.69, 9.17) is 11.6 Å². The molecular weight excluding hydrogens is 742 g/mol. The van der Waals surface area contributed by atoms with Crippen molar-refractivity contribution in [3.8, 4) is 6.07 Å². The first kappa shape index (κ1) is 37.3. The van der Waals surface area contributed by atoms with Crippen molar-refractivity contribution in [3.63, 3.8) is 0 Å². The smallest absolute Gasteiger partial charge is 0.262 e. The molecule has 0 aliphatic carbocycles. The minimum Gasteiger partial charge on any atom is -0.372 e. The van der Waals surface area contributed by atoms with Crippen molar-refractivity contribution in [2.24, 2.45) is 11.3 Å². The third-order valence-electron chi connectivity index (χ3n) is 13.4. The lowest BCUT2D eigenvalue weighted by molar-refractivity contribution is -0.136. The van der Waals surface area contributed by atoms with Crippen molar-refractivity contribution in [3.05, 3.63) is 93.0 Å². The molecule has 0 aromatic heterocycles. The molecule has 57 heavy (non-hydrogen) atoms. The number of hydrogen-bond donors (Lipinski definition) is 1. The number of hydrogen-bond acceptors (Lipinski definition) is 9. The van der Waals surface area contributed by atoms with E-state index in [2.05, 4.69) is 45.1 Å². The quantitative estimate of drug-likeness (QED) is 0.327. The van der Waals surface area contributed by atoms with Crippen molar-refractivity contribution >= 4 is 52.5 Å². The Kier molecular flexibility index (Phi) is 9.56. The van der Waals surface area contributed by atoms with E-state index in [9.17, 15) is 29.2 Å². The Morgan fingerprint density at radius 3 is 2.14 bits per heavy atom. The Morgan fingerprint density at radius 2 is 1.53 bits per heavy atom. The summed E-state index contributed by atoms with van der Waals surface area (Å²) in [4.78, 5) is 74.6. The van der Waals surface area contributed by atoms with Gasteiger partial charge in [0.1, 0.15) is 12.1 Å². The van der Waals surface area contributed by atoms with Crippen LogP contribution in [0.1, 0.15) is 99.6 Å². The van der Waals surface area contributed by atoms with E-state index in [-0.39, 0.29) is 30.1 Å². The number of fused-ring (bicyclic) bond motifs is 2. The highest BCUT2D eigenvalue weighted by atomic mass is 35.5. The van der Waals surface area contributed by atoms with Gasteiger partial charge in [-0.3, -0.25) is 39.1 Å². The number of nitrogens with zero attached hydrogens (tertiary/aromatic N) is 6. The molecule has 1 spiro atoms. The first-order valence-corrected chi connectivity index (χ1v) is 20.6. The first-order valence-electron chi connectivity index (χ1n) is 20.2. The summed E-state index contributed by atoms with van der Waals surface area (Å²) in [5, 5.41) is 12.0. The number of carbonyl (C=O) groups excluding carboxylic acids is 5. The van der Waals surface area contributed by atoms with E-state index in [0.717, 1.165) is 104 Å². The molecule has 12 nitrogen and oxygen atoms in total. The number of carbonyl (C=O) groups is 5. The fraction of sp³-hybridized carbons (Fsp3) is 0.455. The number of piperidine rings is 3. The molecule has 13 heteroatoms. The Hall–Kier alpha value is -5.25. The largest absolute Gasteiger partial charge is 0.372 e. The van der Waals surface area contributed by atoms with Gasteiger partial charge in [0.25, 0.3) is 17.7 Å². The van der Waals surface area contributed by atoms with Crippen LogP contribution in [0.15, 0.2) is 54.6 Å². The Balaban J connectivity index is 0.745. The maximum atomic E-state index is 13.6. The number of nitriles is 1. The van der Waals surface area contributed by atoms with Crippen molar-refractivity contribution in [1.29, 1.82) is 5.26 Å². The van der Waals surface area contributed by atoms with Crippen LogP contribution < -0.4 is 15.1 Å². The van der Waals surface area contributed by atoms with Crippen molar-refractivity contribution < 1.29 is 24.0 Å². The number of halogens is 1. The average molecular weight is 788 g/mol. The highest BCUT2D eigenvalue weighted by Crippen LogP contribution is 2.45. The number of imide groups is 2. The summed E-state index contributed by atoms with van der Waals surface area (Å²) < 4.78 is 0. The first-order chi connectivity index (χ1) is 27.5. The van der Waals surface area contributed by atoms with Gasteiger partial charge in [0.05, 0.1) is 21.7 Å². The molecule has 0 radical (unpaired) electrons. The van der Waals surface area contributed by atoms with Crippen LogP contribution in [0, 0.1) is 22.7 Å². The summed E-state index contributed by atoms with van der Waals surface area (Å²) in [6.45, 7) is 8.88. The van der Waals surface area contributed by atoms with Crippen LogP contribution in [0.25, 0.3) is 0 Å². The fourth-order valence-electron chi connectivity index (χ4n) is 10.3. The minimum absolute atomic E-state index is 0.0918. The van der Waals surface area contributed by atoms with E-state index in [0.29, 0.717) is 46.8 Å². The number of nitrogens with one attached hydrogen (secondary N) is 1. The van der Waals surface area contributed by atoms with E-state index >= 15 is 0 Å². The lowest BCUT2D eigenvalue weighted by atomic mass is 9.76. The van der Waals surface area contributed by atoms with Gasteiger partial charge in [0.15, 0.2) is 0 Å². The predicted molar refractivity (Wildman–Crippen MR) is 214 cm³/mol. The summed E-state index contributed by atoms with van der Waals surface area (Å²) >= 11 is 6.36. The van der Waals surface area contributed by atoms with Gasteiger partial charge < -0.3 is 14.7 Å². The summed E-state index contributed by atoms with van der Waals surface area (Å²) in [6, 6.07) is 19.0. The highest BCUT2D eigenvalue weighted by Gasteiger charge is 2.46. The van der Waals surface area contributed by atoms with Crippen LogP contribution >= 0.6 is 11.6 Å². The zero-order valence-electron chi connectivity index (χ0n) is 32.1. The molecule has 0 saturated carbocycles. The van der Waals surface area contributed by atoms with E-state index in [1.165, 1.54) is 0 Å². The van der Waals surface area contributed by atoms with Crippen LogP contribution in [0.3, 0.4) is 0 Å². The monoisotopic (exact) mass is 787 g/mol. The molecule has 6 aliphatic heterocycles. The van der Waals surface area contributed by atoms with E-state index < -0.39 is 23.8 Å². The second-order valence-corrected chi connectivity index (χ2v) is 17.4. The molecule has 3 aromatic carbocycles. The van der Waals surface area contributed by atoms with Crippen LogP contribution in [0.4, 0.5) is 11.4 Å². The molecule has 4 saturated heterocycles. The van der Waals surface area contributed by atoms with Gasteiger partial charge in [0.2, 0.25) is 11.8 Å². The molecule has 2 unspecified atom stereocenters. The lowest BCUT2D eigenvalue weighted by Crippen LogP contribution is -2.54. The summed E-state index contributed by atoms with van der Waals surface area (Å²) in [6.07, 6.45) is 5.34. The lowest BCUT2D eigenvalue weighted by Gasteiger charge is -2.39. The maximum Gasteiger partial charge on any atom is 0.262 e. The molecular formula is C44H46ClN7O5. The van der Waals surface area contributed by atoms with Gasteiger partial charge >= 0.3 is 0 Å². The SMILES string of the molecule is CC1CC2(CCN(C(=O)c3ccc(N4CCC(CN5Cc6cc7c(cc6C5)C(=O)N(C5CCC(=O)NC5=O)C7=O)CC4)cc3)CC2)CN1c1ccc(C#N)c(Cl)c1. The predicted octanol–water partition coefficient (Wildman–Crippen LogP) is 5.37. The molecule has 0 bridgehead atoms. The third kappa shape index (κ3) is 6.84. The second-order valence-electron chi connectivity index (χ2n) is 17.0. The molecule has 3 aromatic rings. The number of rotatable bonds is 6. The molecule has 4 fully saturated rings. The van der Waals surface area contributed by atoms with Crippen LogP contribution in [0.5, 0.6) is 0 Å². The van der Waals surface area contributed by atoms with Gasteiger partial charge in [-0.05, 0) is 123 Å². The Morgan fingerprint density at radius 1 is 0.877 bits per heavy atom. The van der Waals surface area contributed by atoms with Gasteiger partial charge in [-0.2, -0.15) is 5.26 Å². The topological polar surface area (TPSA) is 137 Å². The van der Waals surface area contributed by atoms with E-state index in [1.807, 2.05) is 41.3 Å². The number of amides is 5. The second kappa shape index (κ2) is 14.6. The normalized spacial score (nSPS) is 23.6. The summed E-state index contributed by atoms with van der Waals surface area (Å²) in [5.41, 5.74) is 6.33. The average Bonchev–Trinajstić information content (AvgIpc) is 3.84. The number of benzene rings is 3. The third-order valence-corrected chi connectivity index (χ3v) is 13.8. The summed E-state index contributed by atoms with van der Waals surface area (Å²) in [7, 11) is 0. The van der Waals surface area contributed by atoms with E-state index in [1.54, 1.807) is 6.07 Å². The standard InChI is InChI=1S/C44H46ClN7O5/c1-27-21-44(26-51(27)34-7-4-30(22-46)37(45)20-34)12-16-50(17-13-44)41(55)29-2-5-33(6-3-29)49-14-10-28(11-15-49)23-48-24-31-18-35-36(19-32(31)25-48)43(57)52(42(35)56)38-8-9-39(53)47-40(38)54/h2-7,18-20,27-28,38H,8-17,21,23-26H2,1H3,(H,47,53,54). The minimum atomic E-state index is -0.959. The zero-order valence-corrected chi connectivity index (χ0v) is 32.9. The van der Waals surface area contributed by atoms with Crippen molar-refractivity contribution in [1.82, 2.24) is 20.0 Å². The van der Waals surface area contributed by atoms with Crippen LogP contribution in [-0.4, -0.2) is 95.6 Å². The zero-order chi connectivity index (χ0) is 39.6. The molecule has 294 valence electrons. The van der Waals surface area contributed by atoms with Crippen molar-refractivity contribution in [2.45, 2.75) is 77.0 Å². The van der Waals surface area contributed by atoms with Crippen LogP contribution in [-0.2, 0) is 22.7 Å². The molecule has 5 amide bonds. The van der Waals surface area contributed by atoms with Gasteiger partial charge in [-0.25, -0.2) is 0 Å². The molecule has 6 aliphatic rings. The number of anilines is 2. The van der Waals surface area contributed by atoms with Gasteiger partial charge in [-0.15, -0.1) is 0 Å². The summed E-state index contributed by atoms with van der Waals surface area (Å²) in [5.74, 6) is -1.29. The van der Waals surface area contributed by atoms with Gasteiger partial charge in [-0.1, -0.05) is 11.6 Å². The highest BCUT2D eigenvalue weighted by molar-refractivity contribution is 6.32. The molecule has 2 atom stereocenters. The Labute approximate surface area is 337 Å². The van der Waals surface area contributed by atoms with Crippen LogP contribution in [0.2, 0.25) is 5.02 Å². The fourth-order valence-corrected chi connectivity index (χ4v) is 10.5. The molecule has 9 rings (SSSR count). The molecule has 1 N–H and O–H groups in total.